The number of hydrogen-bond donors (Lipinski definition) is 1. The van der Waals surface area contributed by atoms with Gasteiger partial charge in [0.1, 0.15) is 11.6 Å². The van der Waals surface area contributed by atoms with Crippen LogP contribution in [0.5, 0.6) is 0 Å². The molecule has 4 nitrogen and oxygen atoms in total. The van der Waals surface area contributed by atoms with Crippen molar-refractivity contribution in [1.29, 1.82) is 0 Å². The van der Waals surface area contributed by atoms with Crippen molar-refractivity contribution in [2.45, 2.75) is 13.5 Å². The minimum atomic E-state index is 0.666. The molecular formula is C16H15N3O. The van der Waals surface area contributed by atoms with E-state index in [-0.39, 0.29) is 0 Å². The molecule has 1 N–H and O–H groups in total. The van der Waals surface area contributed by atoms with Crippen molar-refractivity contribution in [3.63, 3.8) is 0 Å². The zero-order valence-corrected chi connectivity index (χ0v) is 11.2. The number of nitrogens with zero attached hydrogens (tertiary/aromatic N) is 2. The van der Waals surface area contributed by atoms with Gasteiger partial charge >= 0.3 is 0 Å². The summed E-state index contributed by atoms with van der Waals surface area (Å²) < 4.78 is 5.30. The predicted octanol–water partition coefficient (Wildman–Crippen LogP) is 3.66. The van der Waals surface area contributed by atoms with Gasteiger partial charge in [-0.2, -0.15) is 0 Å². The van der Waals surface area contributed by atoms with Crippen molar-refractivity contribution in [3.8, 4) is 11.3 Å². The quantitative estimate of drug-likeness (QED) is 0.782. The molecule has 2 aromatic heterocycles. The molecule has 0 bridgehead atoms. The zero-order chi connectivity index (χ0) is 13.8. The number of anilines is 1. The first-order valence-corrected chi connectivity index (χ1v) is 6.47. The average Bonchev–Trinajstić information content (AvgIpc) is 2.99. The second-order valence-electron chi connectivity index (χ2n) is 4.50. The lowest BCUT2D eigenvalue weighted by Gasteiger charge is -2.07. The molecule has 0 aliphatic rings. The van der Waals surface area contributed by atoms with Crippen LogP contribution in [0, 0.1) is 6.92 Å². The standard InChI is InChI=1S/C16H15N3O/c1-12-17-8-7-16(19-12)13-4-2-5-14(10-13)18-11-15-6-3-9-20-15/h2-10,18H,11H2,1H3. The lowest BCUT2D eigenvalue weighted by Crippen LogP contribution is -1.98. The van der Waals surface area contributed by atoms with E-state index in [4.69, 9.17) is 4.42 Å². The van der Waals surface area contributed by atoms with Gasteiger partial charge in [0.25, 0.3) is 0 Å². The summed E-state index contributed by atoms with van der Waals surface area (Å²) in [6.45, 7) is 2.56. The second-order valence-corrected chi connectivity index (χ2v) is 4.50. The van der Waals surface area contributed by atoms with Gasteiger partial charge in [-0.3, -0.25) is 0 Å². The molecule has 0 fully saturated rings. The molecule has 0 amide bonds. The highest BCUT2D eigenvalue weighted by Gasteiger charge is 2.02. The molecule has 0 unspecified atom stereocenters. The second kappa shape index (κ2) is 5.57. The molecule has 0 aliphatic carbocycles. The number of rotatable bonds is 4. The van der Waals surface area contributed by atoms with E-state index < -0.39 is 0 Å². The Bertz CT molecular complexity index is 692. The minimum Gasteiger partial charge on any atom is -0.467 e. The number of hydrogen-bond acceptors (Lipinski definition) is 4. The first-order valence-electron chi connectivity index (χ1n) is 6.47. The summed E-state index contributed by atoms with van der Waals surface area (Å²) >= 11 is 0. The van der Waals surface area contributed by atoms with E-state index in [1.165, 1.54) is 0 Å². The Kier molecular flexibility index (Phi) is 3.46. The Morgan fingerprint density at radius 3 is 2.90 bits per heavy atom. The molecule has 1 aromatic carbocycles. The van der Waals surface area contributed by atoms with E-state index in [1.54, 1.807) is 12.5 Å². The average molecular weight is 265 g/mol. The van der Waals surface area contributed by atoms with Crippen LogP contribution in [0.3, 0.4) is 0 Å². The number of aryl methyl sites for hydroxylation is 1. The summed E-state index contributed by atoms with van der Waals surface area (Å²) in [6.07, 6.45) is 3.46. The topological polar surface area (TPSA) is 51.0 Å². The van der Waals surface area contributed by atoms with E-state index in [9.17, 15) is 0 Å². The van der Waals surface area contributed by atoms with Gasteiger partial charge in [0, 0.05) is 17.4 Å². The van der Waals surface area contributed by atoms with Crippen molar-refractivity contribution in [3.05, 3.63) is 66.5 Å². The third-order valence-corrected chi connectivity index (χ3v) is 2.98. The predicted molar refractivity (Wildman–Crippen MR) is 78.2 cm³/mol. The van der Waals surface area contributed by atoms with Gasteiger partial charge in [-0.15, -0.1) is 0 Å². The molecule has 0 spiro atoms. The fraction of sp³-hybridized carbons (Fsp3) is 0.125. The third-order valence-electron chi connectivity index (χ3n) is 2.98. The van der Waals surface area contributed by atoms with Crippen LogP contribution in [-0.4, -0.2) is 9.97 Å². The fourth-order valence-electron chi connectivity index (χ4n) is 2.01. The molecule has 0 saturated carbocycles. The first kappa shape index (κ1) is 12.4. The summed E-state index contributed by atoms with van der Waals surface area (Å²) in [5.74, 6) is 1.68. The summed E-state index contributed by atoms with van der Waals surface area (Å²) in [4.78, 5) is 8.56. The minimum absolute atomic E-state index is 0.666. The van der Waals surface area contributed by atoms with E-state index in [0.717, 1.165) is 28.5 Å². The summed E-state index contributed by atoms with van der Waals surface area (Å²) in [6, 6.07) is 13.9. The Balaban J connectivity index is 1.79. The van der Waals surface area contributed by atoms with Gasteiger partial charge < -0.3 is 9.73 Å². The molecule has 0 aliphatic heterocycles. The molecule has 0 atom stereocenters. The maximum absolute atomic E-state index is 5.30. The Morgan fingerprint density at radius 2 is 2.10 bits per heavy atom. The highest BCUT2D eigenvalue weighted by atomic mass is 16.3. The van der Waals surface area contributed by atoms with Crippen LogP contribution in [0.4, 0.5) is 5.69 Å². The summed E-state index contributed by atoms with van der Waals surface area (Å²) in [7, 11) is 0. The number of benzene rings is 1. The van der Waals surface area contributed by atoms with E-state index in [2.05, 4.69) is 21.4 Å². The normalized spacial score (nSPS) is 10.4. The van der Waals surface area contributed by atoms with Crippen LogP contribution >= 0.6 is 0 Å². The number of furan rings is 1. The van der Waals surface area contributed by atoms with Gasteiger partial charge in [-0.1, -0.05) is 12.1 Å². The van der Waals surface area contributed by atoms with Gasteiger partial charge in [-0.05, 0) is 37.3 Å². The van der Waals surface area contributed by atoms with Crippen LogP contribution in [0.2, 0.25) is 0 Å². The third kappa shape index (κ3) is 2.85. The van der Waals surface area contributed by atoms with Crippen LogP contribution in [0.1, 0.15) is 11.6 Å². The maximum Gasteiger partial charge on any atom is 0.125 e. The lowest BCUT2D eigenvalue weighted by molar-refractivity contribution is 0.518. The largest absolute Gasteiger partial charge is 0.467 e. The van der Waals surface area contributed by atoms with E-state index in [1.807, 2.05) is 43.3 Å². The van der Waals surface area contributed by atoms with Crippen LogP contribution < -0.4 is 5.32 Å². The lowest BCUT2D eigenvalue weighted by atomic mass is 10.1. The van der Waals surface area contributed by atoms with Crippen LogP contribution in [0.15, 0.2) is 59.3 Å². The van der Waals surface area contributed by atoms with Gasteiger partial charge in [0.2, 0.25) is 0 Å². The van der Waals surface area contributed by atoms with Crippen LogP contribution in [0.25, 0.3) is 11.3 Å². The summed E-state index contributed by atoms with van der Waals surface area (Å²) in [5, 5.41) is 3.33. The fourth-order valence-corrected chi connectivity index (χ4v) is 2.01. The molecule has 3 aromatic rings. The monoisotopic (exact) mass is 265 g/mol. The molecule has 3 rings (SSSR count). The highest BCUT2D eigenvalue weighted by Crippen LogP contribution is 2.21. The van der Waals surface area contributed by atoms with E-state index in [0.29, 0.717) is 6.54 Å². The number of nitrogens with one attached hydrogen (secondary N) is 1. The summed E-state index contributed by atoms with van der Waals surface area (Å²) in [5.41, 5.74) is 3.04. The van der Waals surface area contributed by atoms with Gasteiger partial charge in [0.05, 0.1) is 18.5 Å². The SMILES string of the molecule is Cc1nccc(-c2cccc(NCc3ccco3)c2)n1. The highest BCUT2D eigenvalue weighted by molar-refractivity contribution is 5.64. The zero-order valence-electron chi connectivity index (χ0n) is 11.2. The molecule has 0 saturated heterocycles. The molecule has 20 heavy (non-hydrogen) atoms. The van der Waals surface area contributed by atoms with Gasteiger partial charge in [0.15, 0.2) is 0 Å². The first-order chi connectivity index (χ1) is 9.81. The molecule has 4 heteroatoms. The van der Waals surface area contributed by atoms with Crippen molar-refractivity contribution < 1.29 is 4.42 Å². The van der Waals surface area contributed by atoms with Crippen molar-refractivity contribution in [1.82, 2.24) is 9.97 Å². The maximum atomic E-state index is 5.30. The van der Waals surface area contributed by atoms with E-state index >= 15 is 0 Å². The Morgan fingerprint density at radius 1 is 1.15 bits per heavy atom. The van der Waals surface area contributed by atoms with Crippen molar-refractivity contribution in [2.75, 3.05) is 5.32 Å². The molecule has 2 heterocycles. The van der Waals surface area contributed by atoms with Gasteiger partial charge in [-0.25, -0.2) is 9.97 Å². The number of aromatic nitrogens is 2. The molecule has 0 radical (unpaired) electrons. The Labute approximate surface area is 117 Å². The Hall–Kier alpha value is -2.62. The van der Waals surface area contributed by atoms with Crippen molar-refractivity contribution >= 4 is 5.69 Å². The molecular weight excluding hydrogens is 250 g/mol. The smallest absolute Gasteiger partial charge is 0.125 e. The molecule has 100 valence electrons. The van der Waals surface area contributed by atoms with Crippen LogP contribution in [-0.2, 0) is 6.54 Å². The van der Waals surface area contributed by atoms with Crippen molar-refractivity contribution in [2.24, 2.45) is 0 Å².